The Kier molecular flexibility index (Phi) is 4.54. The Morgan fingerprint density at radius 1 is 1.23 bits per heavy atom. The first-order valence-corrected chi connectivity index (χ1v) is 10.8. The molecule has 0 saturated heterocycles. The molecule has 9 heteroatoms. The summed E-state index contributed by atoms with van der Waals surface area (Å²) < 4.78 is 1.74. The highest BCUT2D eigenvalue weighted by Gasteiger charge is 2.30. The van der Waals surface area contributed by atoms with Gasteiger partial charge in [-0.15, -0.1) is 0 Å². The van der Waals surface area contributed by atoms with E-state index in [1.807, 2.05) is 26.0 Å². The van der Waals surface area contributed by atoms with Crippen LogP contribution < -0.4 is 5.32 Å². The molecule has 0 spiro atoms. The SMILES string of the molecule is CCCC(=O)c1cc(C)c(-c2cc3nc(NC(=O)C4CC4)sc3n3ncnc23)cn1. The molecule has 30 heavy (non-hydrogen) atoms. The zero-order valence-electron chi connectivity index (χ0n) is 16.7. The molecule has 0 bridgehead atoms. The van der Waals surface area contributed by atoms with E-state index in [9.17, 15) is 9.59 Å². The Balaban J connectivity index is 1.59. The number of pyridine rings is 2. The molecule has 0 atom stereocenters. The van der Waals surface area contributed by atoms with Crippen LogP contribution in [0.15, 0.2) is 24.7 Å². The van der Waals surface area contributed by atoms with Gasteiger partial charge in [0, 0.05) is 29.7 Å². The van der Waals surface area contributed by atoms with Crippen molar-refractivity contribution in [2.24, 2.45) is 5.92 Å². The Labute approximate surface area is 176 Å². The minimum absolute atomic E-state index is 0.0245. The van der Waals surface area contributed by atoms with Gasteiger partial charge >= 0.3 is 0 Å². The molecule has 1 amide bonds. The number of amides is 1. The van der Waals surface area contributed by atoms with Crippen LogP contribution in [0.5, 0.6) is 0 Å². The molecular weight excluding hydrogens is 400 g/mol. The van der Waals surface area contributed by atoms with Gasteiger partial charge in [0.25, 0.3) is 0 Å². The number of fused-ring (bicyclic) bond motifs is 3. The van der Waals surface area contributed by atoms with Gasteiger partial charge in [0.2, 0.25) is 5.91 Å². The van der Waals surface area contributed by atoms with E-state index >= 15 is 0 Å². The monoisotopic (exact) mass is 420 g/mol. The molecule has 5 rings (SSSR count). The van der Waals surface area contributed by atoms with Crippen LogP contribution >= 0.6 is 11.3 Å². The molecule has 4 heterocycles. The lowest BCUT2D eigenvalue weighted by molar-refractivity contribution is -0.117. The number of hydrogen-bond donors (Lipinski definition) is 1. The van der Waals surface area contributed by atoms with Gasteiger partial charge in [-0.25, -0.2) is 14.5 Å². The maximum Gasteiger partial charge on any atom is 0.229 e. The number of ketones is 1. The molecule has 0 aromatic carbocycles. The van der Waals surface area contributed by atoms with Crippen molar-refractivity contribution < 1.29 is 9.59 Å². The Morgan fingerprint density at radius 3 is 2.80 bits per heavy atom. The molecule has 1 aliphatic carbocycles. The van der Waals surface area contributed by atoms with Gasteiger partial charge in [-0.1, -0.05) is 18.3 Å². The molecule has 4 aromatic heterocycles. The average Bonchev–Trinajstić information content (AvgIpc) is 3.32. The van der Waals surface area contributed by atoms with Crippen LogP contribution in [0.25, 0.3) is 27.1 Å². The molecule has 8 nitrogen and oxygen atoms in total. The summed E-state index contributed by atoms with van der Waals surface area (Å²) in [4.78, 5) is 38.6. The first-order chi connectivity index (χ1) is 14.5. The third kappa shape index (κ3) is 3.24. The van der Waals surface area contributed by atoms with E-state index in [-0.39, 0.29) is 17.6 Å². The fourth-order valence-corrected chi connectivity index (χ4v) is 4.40. The quantitative estimate of drug-likeness (QED) is 0.472. The summed E-state index contributed by atoms with van der Waals surface area (Å²) >= 11 is 1.38. The number of aromatic nitrogens is 5. The van der Waals surface area contributed by atoms with Crippen molar-refractivity contribution >= 4 is 44.2 Å². The predicted molar refractivity (Wildman–Crippen MR) is 115 cm³/mol. The van der Waals surface area contributed by atoms with E-state index in [0.717, 1.165) is 46.3 Å². The van der Waals surface area contributed by atoms with Gasteiger partial charge in [-0.3, -0.25) is 14.6 Å². The maximum absolute atomic E-state index is 12.2. The van der Waals surface area contributed by atoms with Crippen molar-refractivity contribution in [2.45, 2.75) is 39.5 Å². The van der Waals surface area contributed by atoms with Crippen molar-refractivity contribution in [3.8, 4) is 11.1 Å². The van der Waals surface area contributed by atoms with Gasteiger partial charge in [-0.05, 0) is 43.9 Å². The summed E-state index contributed by atoms with van der Waals surface area (Å²) in [6.07, 6.45) is 6.38. The maximum atomic E-state index is 12.2. The topological polar surface area (TPSA) is 102 Å². The van der Waals surface area contributed by atoms with Crippen molar-refractivity contribution in [1.82, 2.24) is 24.6 Å². The summed E-state index contributed by atoms with van der Waals surface area (Å²) in [5.41, 5.74) is 4.54. The van der Waals surface area contributed by atoms with Gasteiger partial charge in [0.1, 0.15) is 22.4 Å². The standard InChI is InChI=1S/C21H20N6O2S/c1-3-4-17(28)15-7-11(2)14(9-22-15)13-8-16-20(27-18(13)23-10-24-27)30-21(25-16)26-19(29)12-5-6-12/h7-10,12H,3-6H2,1-2H3,(H,25,26,29). The van der Waals surface area contributed by atoms with Crippen LogP contribution in [0.2, 0.25) is 0 Å². The van der Waals surface area contributed by atoms with Gasteiger partial charge in [-0.2, -0.15) is 5.10 Å². The van der Waals surface area contributed by atoms with E-state index in [4.69, 9.17) is 0 Å². The number of rotatable bonds is 6. The average molecular weight is 420 g/mol. The lowest BCUT2D eigenvalue weighted by Gasteiger charge is -2.09. The van der Waals surface area contributed by atoms with Gasteiger partial charge in [0.05, 0.1) is 0 Å². The van der Waals surface area contributed by atoms with Crippen molar-refractivity contribution in [3.63, 3.8) is 0 Å². The van der Waals surface area contributed by atoms with Crippen LogP contribution in [0.1, 0.15) is 48.7 Å². The van der Waals surface area contributed by atoms with Crippen LogP contribution in [0.4, 0.5) is 5.13 Å². The molecule has 0 unspecified atom stereocenters. The Morgan fingerprint density at radius 2 is 2.07 bits per heavy atom. The highest BCUT2D eigenvalue weighted by Crippen LogP contribution is 2.35. The minimum atomic E-state index is 0.0245. The third-order valence-corrected chi connectivity index (χ3v) is 6.20. The summed E-state index contributed by atoms with van der Waals surface area (Å²) in [5, 5.41) is 7.83. The molecule has 4 aromatic rings. The fourth-order valence-electron chi connectivity index (χ4n) is 3.49. The molecule has 1 N–H and O–H groups in total. The molecule has 1 aliphatic rings. The van der Waals surface area contributed by atoms with E-state index in [1.54, 1.807) is 10.7 Å². The first-order valence-electron chi connectivity index (χ1n) is 9.99. The number of carbonyl (C=O) groups excluding carboxylic acids is 2. The lowest BCUT2D eigenvalue weighted by Crippen LogP contribution is -2.12. The van der Waals surface area contributed by atoms with Gasteiger partial charge < -0.3 is 5.32 Å². The first kappa shape index (κ1) is 18.8. The normalized spacial score (nSPS) is 13.8. The van der Waals surface area contributed by atoms with Crippen LogP contribution in [0, 0.1) is 12.8 Å². The summed E-state index contributed by atoms with van der Waals surface area (Å²) in [6.45, 7) is 3.94. The van der Waals surface area contributed by atoms with E-state index in [2.05, 4.69) is 25.4 Å². The molecular formula is C21H20N6O2S. The fraction of sp³-hybridized carbons (Fsp3) is 0.333. The smallest absolute Gasteiger partial charge is 0.229 e. The van der Waals surface area contributed by atoms with Gasteiger partial charge in [0.15, 0.2) is 16.6 Å². The lowest BCUT2D eigenvalue weighted by atomic mass is 10.0. The number of hydrogen-bond acceptors (Lipinski definition) is 7. The number of nitrogens with zero attached hydrogens (tertiary/aromatic N) is 5. The second kappa shape index (κ2) is 7.24. The minimum Gasteiger partial charge on any atom is -0.302 e. The molecule has 0 aliphatic heterocycles. The molecule has 0 radical (unpaired) electrons. The van der Waals surface area contributed by atoms with Crippen molar-refractivity contribution in [1.29, 1.82) is 0 Å². The highest BCUT2D eigenvalue weighted by atomic mass is 32.1. The Bertz CT molecular complexity index is 1300. The second-order valence-corrected chi connectivity index (χ2v) is 8.56. The van der Waals surface area contributed by atoms with Crippen LogP contribution in [-0.4, -0.2) is 36.3 Å². The summed E-state index contributed by atoms with van der Waals surface area (Å²) in [5.74, 6) is 0.184. The zero-order chi connectivity index (χ0) is 20.8. The highest BCUT2D eigenvalue weighted by molar-refractivity contribution is 7.22. The van der Waals surface area contributed by atoms with Crippen molar-refractivity contribution in [3.05, 3.63) is 35.9 Å². The number of aryl methyl sites for hydroxylation is 1. The van der Waals surface area contributed by atoms with Crippen molar-refractivity contribution in [2.75, 3.05) is 5.32 Å². The van der Waals surface area contributed by atoms with Crippen LogP contribution in [-0.2, 0) is 4.79 Å². The predicted octanol–water partition coefficient (Wildman–Crippen LogP) is 4.04. The zero-order valence-corrected chi connectivity index (χ0v) is 17.5. The molecule has 1 fully saturated rings. The van der Waals surface area contributed by atoms with Crippen LogP contribution in [0.3, 0.4) is 0 Å². The number of Topliss-reactive ketones (excluding diaryl/α,β-unsaturated/α-hetero) is 1. The largest absolute Gasteiger partial charge is 0.302 e. The Hall–Kier alpha value is -3.20. The number of carbonyl (C=O) groups is 2. The number of thiazole rings is 1. The number of anilines is 1. The van der Waals surface area contributed by atoms with E-state index in [1.165, 1.54) is 17.7 Å². The second-order valence-electron chi connectivity index (χ2n) is 7.58. The van der Waals surface area contributed by atoms with E-state index < -0.39 is 0 Å². The molecule has 1 saturated carbocycles. The van der Waals surface area contributed by atoms with E-state index in [0.29, 0.717) is 22.9 Å². The number of nitrogens with one attached hydrogen (secondary N) is 1. The summed E-state index contributed by atoms with van der Waals surface area (Å²) in [6, 6.07) is 3.77. The third-order valence-electron chi connectivity index (χ3n) is 5.24. The molecule has 152 valence electrons. The summed E-state index contributed by atoms with van der Waals surface area (Å²) in [7, 11) is 0.